The lowest BCUT2D eigenvalue weighted by Crippen LogP contribution is -2.47. The van der Waals surface area contributed by atoms with Crippen molar-refractivity contribution in [3.05, 3.63) is 0 Å². The van der Waals surface area contributed by atoms with Crippen molar-refractivity contribution in [3.8, 4) is 0 Å². The maximum absolute atomic E-state index is 6.16. The molecule has 0 bridgehead atoms. The van der Waals surface area contributed by atoms with Crippen LogP contribution in [0.1, 0.15) is 65.2 Å². The molecule has 2 aliphatic carbocycles. The Balaban J connectivity index is 1.94. The van der Waals surface area contributed by atoms with E-state index in [2.05, 4.69) is 18.7 Å². The summed E-state index contributed by atoms with van der Waals surface area (Å²) in [6.07, 6.45) is 11.2. The fourth-order valence-electron chi connectivity index (χ4n) is 4.00. The molecular weight excluding hydrogens is 220 g/mol. The number of nitrogens with zero attached hydrogens (tertiary/aromatic N) is 1. The van der Waals surface area contributed by atoms with Crippen molar-refractivity contribution in [1.82, 2.24) is 4.90 Å². The summed E-state index contributed by atoms with van der Waals surface area (Å²) in [6.45, 7) is 8.09. The lowest BCUT2D eigenvalue weighted by atomic mass is 9.70. The van der Waals surface area contributed by atoms with Gasteiger partial charge in [-0.3, -0.25) is 0 Å². The molecule has 2 rings (SSSR count). The Hall–Kier alpha value is -0.0800. The monoisotopic (exact) mass is 252 g/mol. The first-order valence-corrected chi connectivity index (χ1v) is 8.13. The van der Waals surface area contributed by atoms with E-state index in [1.165, 1.54) is 64.5 Å². The second-order valence-corrected chi connectivity index (χ2v) is 6.89. The molecule has 0 aromatic heterocycles. The van der Waals surface area contributed by atoms with E-state index in [0.29, 0.717) is 5.41 Å². The smallest absolute Gasteiger partial charge is 0.00953 e. The Bertz CT molecular complexity index is 237. The minimum atomic E-state index is 0.436. The van der Waals surface area contributed by atoms with Gasteiger partial charge in [-0.1, -0.05) is 39.5 Å². The summed E-state index contributed by atoms with van der Waals surface area (Å²) < 4.78 is 0. The zero-order valence-corrected chi connectivity index (χ0v) is 12.5. The molecular formula is C16H32N2. The SMILES string of the molecule is CCN(CC1(CN)CCC(C)CC1)C1CCCC1. The largest absolute Gasteiger partial charge is 0.330 e. The Morgan fingerprint density at radius 2 is 1.72 bits per heavy atom. The summed E-state index contributed by atoms with van der Waals surface area (Å²) in [7, 11) is 0. The van der Waals surface area contributed by atoms with E-state index in [9.17, 15) is 0 Å². The third-order valence-electron chi connectivity index (χ3n) is 5.55. The minimum Gasteiger partial charge on any atom is -0.330 e. The van der Waals surface area contributed by atoms with Gasteiger partial charge in [0.15, 0.2) is 0 Å². The fraction of sp³-hybridized carbons (Fsp3) is 1.00. The van der Waals surface area contributed by atoms with Crippen LogP contribution in [-0.2, 0) is 0 Å². The number of hydrogen-bond acceptors (Lipinski definition) is 2. The molecule has 18 heavy (non-hydrogen) atoms. The van der Waals surface area contributed by atoms with Crippen LogP contribution in [0.15, 0.2) is 0 Å². The Morgan fingerprint density at radius 3 is 2.22 bits per heavy atom. The molecule has 0 saturated heterocycles. The van der Waals surface area contributed by atoms with Crippen molar-refractivity contribution in [1.29, 1.82) is 0 Å². The maximum Gasteiger partial charge on any atom is 0.00953 e. The maximum atomic E-state index is 6.16. The lowest BCUT2D eigenvalue weighted by Gasteiger charge is -2.43. The normalized spacial score (nSPS) is 34.3. The molecule has 2 saturated carbocycles. The summed E-state index contributed by atoms with van der Waals surface area (Å²) >= 11 is 0. The van der Waals surface area contributed by atoms with Gasteiger partial charge in [-0.25, -0.2) is 0 Å². The van der Waals surface area contributed by atoms with Crippen molar-refractivity contribution in [3.63, 3.8) is 0 Å². The molecule has 2 fully saturated rings. The Labute approximate surface area is 113 Å². The van der Waals surface area contributed by atoms with Gasteiger partial charge in [-0.2, -0.15) is 0 Å². The molecule has 106 valence electrons. The third-order valence-corrected chi connectivity index (χ3v) is 5.55. The molecule has 0 aromatic rings. The second kappa shape index (κ2) is 6.38. The van der Waals surface area contributed by atoms with Gasteiger partial charge in [0.25, 0.3) is 0 Å². The predicted molar refractivity (Wildman–Crippen MR) is 78.6 cm³/mol. The lowest BCUT2D eigenvalue weighted by molar-refractivity contribution is 0.0739. The fourth-order valence-corrected chi connectivity index (χ4v) is 4.00. The predicted octanol–water partition coefficient (Wildman–Crippen LogP) is 3.41. The molecule has 0 atom stereocenters. The summed E-state index contributed by atoms with van der Waals surface area (Å²) in [5, 5.41) is 0. The molecule has 0 heterocycles. The van der Waals surface area contributed by atoms with Gasteiger partial charge in [0.2, 0.25) is 0 Å². The van der Waals surface area contributed by atoms with Gasteiger partial charge in [-0.15, -0.1) is 0 Å². The molecule has 2 N–H and O–H groups in total. The second-order valence-electron chi connectivity index (χ2n) is 6.89. The van der Waals surface area contributed by atoms with Crippen LogP contribution < -0.4 is 5.73 Å². The van der Waals surface area contributed by atoms with Gasteiger partial charge in [0.1, 0.15) is 0 Å². The van der Waals surface area contributed by atoms with E-state index in [4.69, 9.17) is 5.73 Å². The van der Waals surface area contributed by atoms with E-state index < -0.39 is 0 Å². The van der Waals surface area contributed by atoms with Crippen LogP contribution in [0.4, 0.5) is 0 Å². The van der Waals surface area contributed by atoms with Gasteiger partial charge in [-0.05, 0) is 50.1 Å². The number of nitrogens with two attached hydrogens (primary N) is 1. The molecule has 0 aromatic carbocycles. The zero-order valence-electron chi connectivity index (χ0n) is 12.5. The first-order chi connectivity index (χ1) is 8.69. The summed E-state index contributed by atoms with van der Waals surface area (Å²) in [5.41, 5.74) is 6.59. The van der Waals surface area contributed by atoms with E-state index in [-0.39, 0.29) is 0 Å². The van der Waals surface area contributed by atoms with Crippen LogP contribution in [0.25, 0.3) is 0 Å². The highest BCUT2D eigenvalue weighted by molar-refractivity contribution is 4.90. The van der Waals surface area contributed by atoms with Gasteiger partial charge < -0.3 is 10.6 Å². The number of hydrogen-bond donors (Lipinski definition) is 1. The average molecular weight is 252 g/mol. The topological polar surface area (TPSA) is 29.3 Å². The molecule has 2 aliphatic rings. The van der Waals surface area contributed by atoms with E-state index in [1.807, 2.05) is 0 Å². The Morgan fingerprint density at radius 1 is 1.11 bits per heavy atom. The van der Waals surface area contributed by atoms with Crippen molar-refractivity contribution in [2.45, 2.75) is 71.3 Å². The quantitative estimate of drug-likeness (QED) is 0.812. The third kappa shape index (κ3) is 3.27. The van der Waals surface area contributed by atoms with Crippen LogP contribution in [0.5, 0.6) is 0 Å². The highest BCUT2D eigenvalue weighted by Crippen LogP contribution is 2.39. The van der Waals surface area contributed by atoms with Gasteiger partial charge in [0.05, 0.1) is 0 Å². The summed E-state index contributed by atoms with van der Waals surface area (Å²) in [4.78, 5) is 2.75. The van der Waals surface area contributed by atoms with Crippen LogP contribution >= 0.6 is 0 Å². The molecule has 2 nitrogen and oxygen atoms in total. The van der Waals surface area contributed by atoms with Gasteiger partial charge >= 0.3 is 0 Å². The van der Waals surface area contributed by atoms with Gasteiger partial charge in [0, 0.05) is 12.6 Å². The molecule has 2 heteroatoms. The zero-order chi connectivity index (χ0) is 13.0. The summed E-state index contributed by atoms with van der Waals surface area (Å²) in [6, 6.07) is 0.859. The average Bonchev–Trinajstić information content (AvgIpc) is 2.92. The van der Waals surface area contributed by atoms with E-state index >= 15 is 0 Å². The minimum absolute atomic E-state index is 0.436. The van der Waals surface area contributed by atoms with Crippen LogP contribution in [0.2, 0.25) is 0 Å². The van der Waals surface area contributed by atoms with Crippen LogP contribution in [0.3, 0.4) is 0 Å². The van der Waals surface area contributed by atoms with Crippen molar-refractivity contribution >= 4 is 0 Å². The molecule has 0 amide bonds. The first kappa shape index (κ1) is 14.3. The molecule has 0 aliphatic heterocycles. The van der Waals surface area contributed by atoms with E-state index in [1.54, 1.807) is 0 Å². The van der Waals surface area contributed by atoms with Crippen molar-refractivity contribution in [2.24, 2.45) is 17.1 Å². The van der Waals surface area contributed by atoms with Crippen LogP contribution in [-0.4, -0.2) is 30.6 Å². The highest BCUT2D eigenvalue weighted by Gasteiger charge is 2.36. The molecule has 0 radical (unpaired) electrons. The first-order valence-electron chi connectivity index (χ1n) is 8.13. The highest BCUT2D eigenvalue weighted by atomic mass is 15.2. The molecule has 0 spiro atoms. The van der Waals surface area contributed by atoms with Crippen molar-refractivity contribution < 1.29 is 0 Å². The van der Waals surface area contributed by atoms with Crippen molar-refractivity contribution in [2.75, 3.05) is 19.6 Å². The standard InChI is InChI=1S/C16H32N2/c1-3-18(15-6-4-5-7-15)13-16(12-17)10-8-14(2)9-11-16/h14-15H,3-13,17H2,1-2H3. The Kier molecular flexibility index (Phi) is 5.08. The number of rotatable bonds is 5. The van der Waals surface area contributed by atoms with Crippen LogP contribution in [0, 0.1) is 11.3 Å². The van der Waals surface area contributed by atoms with E-state index in [0.717, 1.165) is 18.5 Å². The summed E-state index contributed by atoms with van der Waals surface area (Å²) in [5.74, 6) is 0.922. The molecule has 0 unspecified atom stereocenters.